The van der Waals surface area contributed by atoms with Gasteiger partial charge in [0.1, 0.15) is 17.7 Å². The summed E-state index contributed by atoms with van der Waals surface area (Å²) in [7, 11) is 0. The van der Waals surface area contributed by atoms with E-state index in [9.17, 15) is 9.18 Å². The molecule has 1 heterocycles. The van der Waals surface area contributed by atoms with Crippen molar-refractivity contribution in [3.63, 3.8) is 0 Å². The first-order valence-electron chi connectivity index (χ1n) is 4.17. The third kappa shape index (κ3) is 1.78. The predicted molar refractivity (Wildman–Crippen MR) is 54.3 cm³/mol. The molecule has 0 saturated carbocycles. The van der Waals surface area contributed by atoms with Crippen molar-refractivity contribution in [2.24, 2.45) is 10.7 Å². The van der Waals surface area contributed by atoms with Gasteiger partial charge < -0.3 is 11.1 Å². The van der Waals surface area contributed by atoms with E-state index in [1.165, 1.54) is 12.1 Å². The first-order valence-corrected chi connectivity index (χ1v) is 4.55. The van der Waals surface area contributed by atoms with Crippen LogP contribution in [-0.2, 0) is 0 Å². The average molecular weight is 228 g/mol. The van der Waals surface area contributed by atoms with Crippen LogP contribution in [0.2, 0.25) is 5.02 Å². The molecule has 0 bridgehead atoms. The number of hydrogen-bond donors (Lipinski definition) is 2. The third-order valence-corrected chi connectivity index (χ3v) is 2.38. The van der Waals surface area contributed by atoms with Gasteiger partial charge in [0.05, 0.1) is 5.02 Å². The minimum absolute atomic E-state index is 0.0265. The van der Waals surface area contributed by atoms with Crippen LogP contribution in [0.5, 0.6) is 0 Å². The van der Waals surface area contributed by atoms with E-state index in [4.69, 9.17) is 17.3 Å². The van der Waals surface area contributed by atoms with Gasteiger partial charge in [0.25, 0.3) is 0 Å². The maximum atomic E-state index is 13.1. The fraction of sp³-hybridized carbons (Fsp3) is 0.111. The van der Waals surface area contributed by atoms with Gasteiger partial charge in [-0.15, -0.1) is 0 Å². The molecule has 6 heteroatoms. The summed E-state index contributed by atoms with van der Waals surface area (Å²) >= 11 is 5.53. The van der Waals surface area contributed by atoms with Crippen LogP contribution < -0.4 is 11.1 Å². The number of rotatable bonds is 1. The lowest BCUT2D eigenvalue weighted by Gasteiger charge is -2.10. The molecule has 1 aromatic rings. The van der Waals surface area contributed by atoms with E-state index in [0.717, 1.165) is 0 Å². The highest BCUT2D eigenvalue weighted by Crippen LogP contribution is 2.22. The topological polar surface area (TPSA) is 67.5 Å². The molecule has 78 valence electrons. The molecule has 1 aliphatic rings. The zero-order valence-electron chi connectivity index (χ0n) is 7.50. The number of nitrogens with two attached hydrogens (primary N) is 1. The number of amidine groups is 1. The molecule has 15 heavy (non-hydrogen) atoms. The Morgan fingerprint density at radius 2 is 2.27 bits per heavy atom. The largest absolute Gasteiger partial charge is 0.385 e. The normalized spacial score (nSPS) is 20.0. The molecule has 0 saturated heterocycles. The lowest BCUT2D eigenvalue weighted by Crippen LogP contribution is -2.27. The van der Waals surface area contributed by atoms with Crippen LogP contribution in [0.3, 0.4) is 0 Å². The van der Waals surface area contributed by atoms with Gasteiger partial charge >= 0.3 is 6.03 Å². The smallest absolute Gasteiger partial charge is 0.343 e. The monoisotopic (exact) mass is 227 g/mol. The van der Waals surface area contributed by atoms with E-state index in [1.54, 1.807) is 6.07 Å². The third-order valence-electron chi connectivity index (χ3n) is 2.07. The molecule has 0 aromatic heterocycles. The molecular formula is C9H7ClFN3O. The zero-order chi connectivity index (χ0) is 11.0. The van der Waals surface area contributed by atoms with Crippen molar-refractivity contribution in [2.75, 3.05) is 0 Å². The lowest BCUT2D eigenvalue weighted by molar-refractivity contribution is 0.250. The number of halogens is 2. The van der Waals surface area contributed by atoms with E-state index >= 15 is 0 Å². The fourth-order valence-corrected chi connectivity index (χ4v) is 1.48. The van der Waals surface area contributed by atoms with Crippen LogP contribution in [0.1, 0.15) is 11.6 Å². The summed E-state index contributed by atoms with van der Waals surface area (Å²) in [5.74, 6) is -0.426. The molecule has 0 spiro atoms. The Bertz CT molecular complexity index is 461. The molecule has 0 aliphatic carbocycles. The number of nitrogens with zero attached hydrogens (tertiary/aromatic N) is 1. The summed E-state index contributed by atoms with van der Waals surface area (Å²) in [4.78, 5) is 14.4. The minimum atomic E-state index is -0.565. The number of hydrogen-bond acceptors (Lipinski definition) is 2. The Hall–Kier alpha value is -1.62. The standard InChI is InChI=1S/C9H7ClFN3O/c10-5-2-1-4(3-6(5)11)7-8(12)14-9(15)13-7/h1-3,7H,(H3,12,13,14,15). The second kappa shape index (κ2) is 3.51. The zero-order valence-corrected chi connectivity index (χ0v) is 8.25. The van der Waals surface area contributed by atoms with Crippen molar-refractivity contribution in [2.45, 2.75) is 6.04 Å². The molecule has 0 radical (unpaired) electrons. The van der Waals surface area contributed by atoms with E-state index < -0.39 is 17.9 Å². The Kier molecular flexibility index (Phi) is 2.32. The van der Waals surface area contributed by atoms with Crippen molar-refractivity contribution in [3.05, 3.63) is 34.6 Å². The molecule has 0 fully saturated rings. The van der Waals surface area contributed by atoms with Crippen LogP contribution in [0.25, 0.3) is 0 Å². The van der Waals surface area contributed by atoms with Gasteiger partial charge in [0, 0.05) is 0 Å². The summed E-state index contributed by atoms with van der Waals surface area (Å²) in [6.45, 7) is 0. The summed E-state index contributed by atoms with van der Waals surface area (Å²) in [6.07, 6.45) is 0. The van der Waals surface area contributed by atoms with E-state index in [0.29, 0.717) is 5.56 Å². The maximum Gasteiger partial charge on any atom is 0.343 e. The average Bonchev–Trinajstić information content (AvgIpc) is 2.50. The van der Waals surface area contributed by atoms with Crippen molar-refractivity contribution in [1.29, 1.82) is 0 Å². The first-order chi connectivity index (χ1) is 7.08. The number of aliphatic imine (C=N–C) groups is 1. The highest BCUT2D eigenvalue weighted by atomic mass is 35.5. The maximum absolute atomic E-state index is 13.1. The number of carbonyl (C=O) groups excluding carboxylic acids is 1. The Balaban J connectivity index is 2.35. The summed E-state index contributed by atoms with van der Waals surface area (Å²) in [6, 6.07) is 3.13. The van der Waals surface area contributed by atoms with Crippen molar-refractivity contribution < 1.29 is 9.18 Å². The molecule has 1 unspecified atom stereocenters. The van der Waals surface area contributed by atoms with Gasteiger partial charge in [-0.3, -0.25) is 0 Å². The van der Waals surface area contributed by atoms with Crippen LogP contribution in [-0.4, -0.2) is 11.9 Å². The van der Waals surface area contributed by atoms with Crippen LogP contribution in [0.15, 0.2) is 23.2 Å². The van der Waals surface area contributed by atoms with Crippen LogP contribution in [0, 0.1) is 5.82 Å². The van der Waals surface area contributed by atoms with Crippen molar-refractivity contribution in [1.82, 2.24) is 5.32 Å². The molecule has 3 N–H and O–H groups in total. The van der Waals surface area contributed by atoms with Crippen molar-refractivity contribution in [3.8, 4) is 0 Å². The lowest BCUT2D eigenvalue weighted by atomic mass is 10.1. The number of nitrogens with one attached hydrogen (secondary N) is 1. The molecule has 1 atom stereocenters. The Morgan fingerprint density at radius 1 is 1.53 bits per heavy atom. The molecule has 2 rings (SSSR count). The van der Waals surface area contributed by atoms with Gasteiger partial charge in [0.15, 0.2) is 0 Å². The number of urea groups is 1. The summed E-state index contributed by atoms with van der Waals surface area (Å²) < 4.78 is 13.1. The van der Waals surface area contributed by atoms with E-state index in [2.05, 4.69) is 10.3 Å². The molecule has 1 aromatic carbocycles. The van der Waals surface area contributed by atoms with Gasteiger partial charge in [-0.25, -0.2) is 9.18 Å². The van der Waals surface area contributed by atoms with Crippen LogP contribution in [0.4, 0.5) is 9.18 Å². The van der Waals surface area contributed by atoms with E-state index in [-0.39, 0.29) is 10.9 Å². The molecule has 4 nitrogen and oxygen atoms in total. The molecule has 1 aliphatic heterocycles. The summed E-state index contributed by atoms with van der Waals surface area (Å²) in [5, 5.41) is 2.52. The molecular weight excluding hydrogens is 221 g/mol. The Morgan fingerprint density at radius 3 is 2.80 bits per heavy atom. The highest BCUT2D eigenvalue weighted by molar-refractivity contribution is 6.30. The second-order valence-corrected chi connectivity index (χ2v) is 3.50. The van der Waals surface area contributed by atoms with Gasteiger partial charge in [0.2, 0.25) is 0 Å². The molecule has 2 amide bonds. The second-order valence-electron chi connectivity index (χ2n) is 3.09. The quantitative estimate of drug-likeness (QED) is 0.765. The van der Waals surface area contributed by atoms with Crippen molar-refractivity contribution >= 4 is 23.5 Å². The van der Waals surface area contributed by atoms with Gasteiger partial charge in [-0.1, -0.05) is 17.7 Å². The van der Waals surface area contributed by atoms with Gasteiger partial charge in [-0.2, -0.15) is 4.99 Å². The fourth-order valence-electron chi connectivity index (χ4n) is 1.36. The highest BCUT2D eigenvalue weighted by Gasteiger charge is 2.25. The number of benzene rings is 1. The van der Waals surface area contributed by atoms with Gasteiger partial charge in [-0.05, 0) is 17.7 Å². The SMILES string of the molecule is NC1=NC(=O)NC1c1ccc(Cl)c(F)c1. The summed E-state index contributed by atoms with van der Waals surface area (Å²) in [5.41, 5.74) is 6.02. The Labute approximate surface area is 89.9 Å². The minimum Gasteiger partial charge on any atom is -0.385 e. The number of carbonyl (C=O) groups is 1. The predicted octanol–water partition coefficient (Wildman–Crippen LogP) is 1.60. The first kappa shape index (κ1) is 9.92. The van der Waals surface area contributed by atoms with Crippen LogP contribution >= 0.6 is 11.6 Å². The van der Waals surface area contributed by atoms with E-state index in [1.807, 2.05) is 0 Å². The number of amides is 2.